The van der Waals surface area contributed by atoms with Gasteiger partial charge < -0.3 is 14.2 Å². The van der Waals surface area contributed by atoms with Gasteiger partial charge in [0.15, 0.2) is 6.10 Å². The summed E-state index contributed by atoms with van der Waals surface area (Å²) in [6.07, 6.45) is 84.9. The van der Waals surface area contributed by atoms with Gasteiger partial charge in [-0.15, -0.1) is 0 Å². The van der Waals surface area contributed by atoms with E-state index in [2.05, 4.69) is 93.7 Å². The summed E-state index contributed by atoms with van der Waals surface area (Å²) in [6.45, 7) is 6.54. The van der Waals surface area contributed by atoms with Gasteiger partial charge in [-0.2, -0.15) is 0 Å². The molecule has 0 aromatic carbocycles. The van der Waals surface area contributed by atoms with Crippen molar-refractivity contribution in [2.45, 2.75) is 348 Å². The largest absolute Gasteiger partial charge is 0.462 e. The summed E-state index contributed by atoms with van der Waals surface area (Å²) in [5.74, 6) is -0.884. The van der Waals surface area contributed by atoms with Crippen LogP contribution >= 0.6 is 0 Å². The Morgan fingerprint density at radius 3 is 0.805 bits per heavy atom. The van der Waals surface area contributed by atoms with Crippen molar-refractivity contribution in [1.29, 1.82) is 0 Å². The van der Waals surface area contributed by atoms with E-state index < -0.39 is 6.10 Å². The highest BCUT2D eigenvalue weighted by molar-refractivity contribution is 5.71. The molecule has 0 aliphatic rings. The monoisotopic (exact) mass is 1070 g/mol. The van der Waals surface area contributed by atoms with Crippen molar-refractivity contribution in [3.8, 4) is 0 Å². The van der Waals surface area contributed by atoms with E-state index in [1.807, 2.05) is 0 Å². The fraction of sp³-hybridized carbons (Fsp3) is 0.789. The fourth-order valence-electron chi connectivity index (χ4n) is 9.66. The van der Waals surface area contributed by atoms with Crippen LogP contribution in [0.1, 0.15) is 342 Å². The van der Waals surface area contributed by atoms with E-state index in [0.717, 1.165) is 103 Å². The number of carbonyl (C=O) groups excluding carboxylic acids is 3. The first-order valence-electron chi connectivity index (χ1n) is 33.4. The molecule has 1 unspecified atom stereocenters. The van der Waals surface area contributed by atoms with Crippen LogP contribution in [-0.2, 0) is 28.6 Å². The van der Waals surface area contributed by atoms with Crippen molar-refractivity contribution in [3.63, 3.8) is 0 Å². The molecule has 0 aromatic rings. The maximum Gasteiger partial charge on any atom is 0.306 e. The Labute approximate surface area is 478 Å². The second-order valence-corrected chi connectivity index (χ2v) is 22.3. The Hall–Kier alpha value is -3.15. The molecule has 0 saturated heterocycles. The molecule has 6 heteroatoms. The first-order chi connectivity index (χ1) is 38.0. The lowest BCUT2D eigenvalue weighted by Gasteiger charge is -2.18. The van der Waals surface area contributed by atoms with Crippen LogP contribution in [0.2, 0.25) is 0 Å². The molecular weight excluding hydrogens is 949 g/mol. The predicted octanol–water partition coefficient (Wildman–Crippen LogP) is 22.9. The van der Waals surface area contributed by atoms with Gasteiger partial charge in [0.25, 0.3) is 0 Å². The van der Waals surface area contributed by atoms with Gasteiger partial charge in [-0.25, -0.2) is 0 Å². The number of carbonyl (C=O) groups is 3. The van der Waals surface area contributed by atoms with Crippen LogP contribution in [0, 0.1) is 0 Å². The zero-order valence-electron chi connectivity index (χ0n) is 51.2. The van der Waals surface area contributed by atoms with Gasteiger partial charge in [-0.1, -0.05) is 286 Å². The number of esters is 3. The van der Waals surface area contributed by atoms with Gasteiger partial charge in [-0.05, 0) is 109 Å². The highest BCUT2D eigenvalue weighted by Gasteiger charge is 2.19. The summed E-state index contributed by atoms with van der Waals surface area (Å²) < 4.78 is 17.0. The topological polar surface area (TPSA) is 78.9 Å². The van der Waals surface area contributed by atoms with Crippen LogP contribution in [0.5, 0.6) is 0 Å². The summed E-state index contributed by atoms with van der Waals surface area (Å²) in [4.78, 5) is 38.4. The summed E-state index contributed by atoms with van der Waals surface area (Å²) in [5, 5.41) is 0. The first-order valence-corrected chi connectivity index (χ1v) is 33.4. The lowest BCUT2D eigenvalue weighted by molar-refractivity contribution is -0.167. The van der Waals surface area contributed by atoms with Crippen molar-refractivity contribution >= 4 is 17.9 Å². The van der Waals surface area contributed by atoms with E-state index in [0.29, 0.717) is 19.3 Å². The fourth-order valence-corrected chi connectivity index (χ4v) is 9.66. The molecule has 0 aromatic heterocycles. The Morgan fingerprint density at radius 2 is 0.506 bits per heavy atom. The average molecular weight is 1080 g/mol. The molecule has 77 heavy (non-hydrogen) atoms. The van der Waals surface area contributed by atoms with Crippen LogP contribution in [0.3, 0.4) is 0 Å². The normalized spacial score (nSPS) is 12.5. The molecule has 6 nitrogen and oxygen atoms in total. The van der Waals surface area contributed by atoms with Crippen LogP contribution in [0.4, 0.5) is 0 Å². The van der Waals surface area contributed by atoms with Gasteiger partial charge in [-0.3, -0.25) is 14.4 Å². The zero-order valence-corrected chi connectivity index (χ0v) is 51.2. The molecule has 0 bridgehead atoms. The number of rotatable bonds is 61. The van der Waals surface area contributed by atoms with E-state index in [1.165, 1.54) is 199 Å². The Kier molecular flexibility index (Phi) is 62.7. The average Bonchev–Trinajstić information content (AvgIpc) is 3.43. The van der Waals surface area contributed by atoms with Gasteiger partial charge in [0.05, 0.1) is 0 Å². The molecule has 0 spiro atoms. The maximum atomic E-state index is 12.9. The number of hydrogen-bond acceptors (Lipinski definition) is 6. The minimum Gasteiger partial charge on any atom is -0.462 e. The number of allylic oxidation sites excluding steroid dienone is 12. The van der Waals surface area contributed by atoms with E-state index in [9.17, 15) is 14.4 Å². The third-order valence-corrected chi connectivity index (χ3v) is 14.7. The van der Waals surface area contributed by atoms with Crippen molar-refractivity contribution < 1.29 is 28.6 Å². The summed E-state index contributed by atoms with van der Waals surface area (Å²) in [6, 6.07) is 0. The molecule has 0 heterocycles. The van der Waals surface area contributed by atoms with Crippen LogP contribution in [0.15, 0.2) is 72.9 Å². The van der Waals surface area contributed by atoms with Crippen LogP contribution < -0.4 is 0 Å². The summed E-state index contributed by atoms with van der Waals surface area (Å²) in [7, 11) is 0. The van der Waals surface area contributed by atoms with Gasteiger partial charge in [0, 0.05) is 19.3 Å². The smallest absolute Gasteiger partial charge is 0.306 e. The van der Waals surface area contributed by atoms with Crippen molar-refractivity contribution in [2.75, 3.05) is 13.2 Å². The molecule has 0 aliphatic heterocycles. The van der Waals surface area contributed by atoms with Gasteiger partial charge >= 0.3 is 17.9 Å². The highest BCUT2D eigenvalue weighted by atomic mass is 16.6. The molecule has 0 aliphatic carbocycles. The first kappa shape index (κ1) is 73.8. The lowest BCUT2D eigenvalue weighted by atomic mass is 10.0. The molecule has 1 atom stereocenters. The minimum atomic E-state index is -0.785. The Bertz CT molecular complexity index is 1420. The molecular formula is C71H126O6. The SMILES string of the molecule is CC/C=C\C/C=C\C/C=C\CCCCCCCC(=O)OCC(COC(=O)CCCCCCCCCCCCCCC/C=C\C/C=C\CCCCCCC)OC(=O)CCCCCCCCCCC/C=C\CCCCCCCC. The predicted molar refractivity (Wildman–Crippen MR) is 335 cm³/mol. The summed E-state index contributed by atoms with van der Waals surface area (Å²) >= 11 is 0. The van der Waals surface area contributed by atoms with Crippen molar-refractivity contribution in [2.24, 2.45) is 0 Å². The zero-order chi connectivity index (χ0) is 55.7. The third-order valence-electron chi connectivity index (χ3n) is 14.7. The van der Waals surface area contributed by atoms with E-state index >= 15 is 0 Å². The molecule has 0 radical (unpaired) electrons. The highest BCUT2D eigenvalue weighted by Crippen LogP contribution is 2.17. The van der Waals surface area contributed by atoms with E-state index in [-0.39, 0.29) is 31.1 Å². The molecule has 0 amide bonds. The van der Waals surface area contributed by atoms with Crippen LogP contribution in [-0.4, -0.2) is 37.2 Å². The maximum absolute atomic E-state index is 12.9. The third kappa shape index (κ3) is 63.6. The standard InChI is InChI=1S/C71H126O6/c1-4-7-10-13-16-19-22-25-28-30-32-33-34-35-36-37-39-40-43-46-49-52-55-58-61-64-70(73)76-67-68(66-75-69(72)63-60-57-54-51-48-45-42-27-24-21-18-15-12-9-6-3)77-71(74)65-62-59-56-53-50-47-44-41-38-31-29-26-23-20-17-14-11-8-5-2/h9,12,18,21-22,25-27,29-30,32,42,68H,4-8,10-11,13-17,19-20,23-24,28,31,33-41,43-67H2,1-3H3/b12-9-,21-18-,25-22-,29-26-,32-30-,42-27-. The molecule has 0 saturated carbocycles. The Balaban J connectivity index is 4.32. The Morgan fingerprint density at radius 1 is 0.273 bits per heavy atom. The number of unbranched alkanes of at least 4 members (excludes halogenated alkanes) is 38. The number of hydrogen-bond donors (Lipinski definition) is 0. The molecule has 0 rings (SSSR count). The molecule has 0 fully saturated rings. The van der Waals surface area contributed by atoms with E-state index in [4.69, 9.17) is 14.2 Å². The van der Waals surface area contributed by atoms with Crippen molar-refractivity contribution in [3.05, 3.63) is 72.9 Å². The van der Waals surface area contributed by atoms with Crippen molar-refractivity contribution in [1.82, 2.24) is 0 Å². The second-order valence-electron chi connectivity index (χ2n) is 22.3. The quantitative estimate of drug-likeness (QED) is 0.0261. The van der Waals surface area contributed by atoms with E-state index in [1.54, 1.807) is 0 Å². The minimum absolute atomic E-state index is 0.0802. The second kappa shape index (κ2) is 65.4. The van der Waals surface area contributed by atoms with Gasteiger partial charge in [0.1, 0.15) is 13.2 Å². The molecule has 446 valence electrons. The molecule has 0 N–H and O–H groups in total. The lowest BCUT2D eigenvalue weighted by Crippen LogP contribution is -2.30. The summed E-state index contributed by atoms with van der Waals surface area (Å²) in [5.41, 5.74) is 0. The van der Waals surface area contributed by atoms with Crippen LogP contribution in [0.25, 0.3) is 0 Å². The number of ether oxygens (including phenoxy) is 3. The van der Waals surface area contributed by atoms with Gasteiger partial charge in [0.2, 0.25) is 0 Å².